The summed E-state index contributed by atoms with van der Waals surface area (Å²) in [5.41, 5.74) is 1.65. The zero-order chi connectivity index (χ0) is 17.2. The van der Waals surface area contributed by atoms with Gasteiger partial charge in [-0.1, -0.05) is 29.5 Å². The maximum Gasteiger partial charge on any atom is 0.236 e. The van der Waals surface area contributed by atoms with Gasteiger partial charge in [-0.15, -0.1) is 15.3 Å². The van der Waals surface area contributed by atoms with Gasteiger partial charge in [0.2, 0.25) is 10.1 Å². The first-order valence-electron chi connectivity index (χ1n) is 7.69. The van der Waals surface area contributed by atoms with E-state index in [4.69, 9.17) is 0 Å². The SMILES string of the molecule is Oc1cccc(CCc2nnc3sc(Nc4cccc(F)c4)nn23)c1. The highest BCUT2D eigenvalue weighted by molar-refractivity contribution is 7.20. The van der Waals surface area contributed by atoms with Crippen LogP contribution in [-0.4, -0.2) is 24.9 Å². The Morgan fingerprint density at radius 3 is 2.80 bits per heavy atom. The van der Waals surface area contributed by atoms with Crippen molar-refractivity contribution < 1.29 is 9.50 Å². The van der Waals surface area contributed by atoms with Gasteiger partial charge in [-0.2, -0.15) is 4.52 Å². The van der Waals surface area contributed by atoms with E-state index in [1.807, 2.05) is 12.1 Å². The molecule has 0 radical (unpaired) electrons. The smallest absolute Gasteiger partial charge is 0.236 e. The molecule has 2 heterocycles. The van der Waals surface area contributed by atoms with Gasteiger partial charge in [0.25, 0.3) is 0 Å². The molecular formula is C17H14FN5OS. The molecule has 0 saturated heterocycles. The first kappa shape index (κ1) is 15.5. The van der Waals surface area contributed by atoms with E-state index in [1.165, 1.54) is 23.5 Å². The van der Waals surface area contributed by atoms with Crippen LogP contribution in [0.2, 0.25) is 0 Å². The van der Waals surface area contributed by atoms with Crippen LogP contribution in [0.25, 0.3) is 4.96 Å². The summed E-state index contributed by atoms with van der Waals surface area (Å²) in [4.78, 5) is 0.671. The fraction of sp³-hybridized carbons (Fsp3) is 0.118. The maximum atomic E-state index is 13.3. The monoisotopic (exact) mass is 355 g/mol. The number of nitrogens with one attached hydrogen (secondary N) is 1. The molecule has 0 aliphatic heterocycles. The summed E-state index contributed by atoms with van der Waals surface area (Å²) in [7, 11) is 0. The van der Waals surface area contributed by atoms with Crippen molar-refractivity contribution in [1.82, 2.24) is 19.8 Å². The van der Waals surface area contributed by atoms with Crippen molar-refractivity contribution in [2.75, 3.05) is 5.32 Å². The Morgan fingerprint density at radius 2 is 1.96 bits per heavy atom. The van der Waals surface area contributed by atoms with Crippen LogP contribution in [0, 0.1) is 5.82 Å². The molecule has 8 heteroatoms. The summed E-state index contributed by atoms with van der Waals surface area (Å²) in [5.74, 6) is 0.681. The molecule has 0 bridgehead atoms. The normalized spacial score (nSPS) is 11.1. The van der Waals surface area contributed by atoms with Crippen LogP contribution in [0.3, 0.4) is 0 Å². The number of rotatable bonds is 5. The Morgan fingerprint density at radius 1 is 1.08 bits per heavy atom. The van der Waals surface area contributed by atoms with E-state index >= 15 is 0 Å². The van der Waals surface area contributed by atoms with E-state index < -0.39 is 0 Å². The molecule has 0 atom stereocenters. The van der Waals surface area contributed by atoms with Gasteiger partial charge in [0.1, 0.15) is 11.6 Å². The third-order valence-corrected chi connectivity index (χ3v) is 4.49. The lowest BCUT2D eigenvalue weighted by molar-refractivity contribution is 0.474. The first-order chi connectivity index (χ1) is 12.2. The summed E-state index contributed by atoms with van der Waals surface area (Å²) in [6.07, 6.45) is 1.37. The summed E-state index contributed by atoms with van der Waals surface area (Å²) in [5, 5.41) is 26.0. The number of hydrogen-bond donors (Lipinski definition) is 2. The lowest BCUT2D eigenvalue weighted by Crippen LogP contribution is -2.00. The summed E-state index contributed by atoms with van der Waals surface area (Å²) < 4.78 is 15.0. The first-order valence-corrected chi connectivity index (χ1v) is 8.51. The van der Waals surface area contributed by atoms with E-state index in [0.29, 0.717) is 22.2 Å². The van der Waals surface area contributed by atoms with Gasteiger partial charge in [0.05, 0.1) is 0 Å². The molecule has 0 spiro atoms. The molecule has 2 aromatic carbocycles. The molecular weight excluding hydrogens is 341 g/mol. The van der Waals surface area contributed by atoms with E-state index in [1.54, 1.807) is 28.8 Å². The molecule has 4 rings (SSSR count). The number of aromatic hydroxyl groups is 1. The number of phenols is 1. The van der Waals surface area contributed by atoms with Gasteiger partial charge < -0.3 is 10.4 Å². The molecule has 6 nitrogen and oxygen atoms in total. The number of aryl methyl sites for hydroxylation is 2. The van der Waals surface area contributed by atoms with Crippen LogP contribution in [-0.2, 0) is 12.8 Å². The number of halogens is 1. The number of hydrogen-bond acceptors (Lipinski definition) is 6. The average molecular weight is 355 g/mol. The van der Waals surface area contributed by atoms with E-state index in [9.17, 15) is 9.50 Å². The summed E-state index contributed by atoms with van der Waals surface area (Å²) in [6, 6.07) is 13.4. The van der Waals surface area contributed by atoms with Crippen molar-refractivity contribution in [2.24, 2.45) is 0 Å². The predicted octanol–water partition coefficient (Wildman–Crippen LogP) is 3.56. The number of benzene rings is 2. The van der Waals surface area contributed by atoms with Crippen molar-refractivity contribution >= 4 is 27.1 Å². The van der Waals surface area contributed by atoms with Crippen molar-refractivity contribution in [1.29, 1.82) is 0 Å². The minimum absolute atomic E-state index is 0.249. The van der Waals surface area contributed by atoms with Crippen LogP contribution in [0.15, 0.2) is 48.5 Å². The van der Waals surface area contributed by atoms with E-state index in [0.717, 1.165) is 17.8 Å². The Hall–Kier alpha value is -3.00. The molecule has 25 heavy (non-hydrogen) atoms. The third-order valence-electron chi connectivity index (χ3n) is 3.68. The second kappa shape index (κ2) is 6.48. The van der Waals surface area contributed by atoms with Crippen molar-refractivity contribution in [3.8, 4) is 5.75 Å². The average Bonchev–Trinajstić information content (AvgIpc) is 3.13. The largest absolute Gasteiger partial charge is 0.508 e. The van der Waals surface area contributed by atoms with Gasteiger partial charge in [-0.25, -0.2) is 4.39 Å². The summed E-state index contributed by atoms with van der Waals surface area (Å²) >= 11 is 1.35. The fourth-order valence-electron chi connectivity index (χ4n) is 2.52. The van der Waals surface area contributed by atoms with Crippen molar-refractivity contribution in [2.45, 2.75) is 12.8 Å². The molecule has 2 N–H and O–H groups in total. The number of anilines is 2. The predicted molar refractivity (Wildman–Crippen MR) is 93.9 cm³/mol. The van der Waals surface area contributed by atoms with E-state index in [2.05, 4.69) is 20.6 Å². The van der Waals surface area contributed by atoms with Crippen LogP contribution in [0.5, 0.6) is 5.75 Å². The lowest BCUT2D eigenvalue weighted by Gasteiger charge is -2.01. The number of phenolic OH excluding ortho intramolecular Hbond substituents is 1. The lowest BCUT2D eigenvalue weighted by atomic mass is 10.1. The second-order valence-electron chi connectivity index (χ2n) is 5.52. The third kappa shape index (κ3) is 3.43. The Balaban J connectivity index is 1.52. The number of nitrogens with zero attached hydrogens (tertiary/aromatic N) is 4. The van der Waals surface area contributed by atoms with Crippen LogP contribution < -0.4 is 5.32 Å². The Kier molecular flexibility index (Phi) is 4.02. The van der Waals surface area contributed by atoms with Gasteiger partial charge in [-0.3, -0.25) is 0 Å². The Bertz CT molecular complexity index is 1030. The minimum atomic E-state index is -0.306. The molecule has 126 valence electrons. The Labute approximate surface area is 146 Å². The van der Waals surface area contributed by atoms with Gasteiger partial charge in [0, 0.05) is 12.1 Å². The molecule has 4 aromatic rings. The molecule has 0 unspecified atom stereocenters. The van der Waals surface area contributed by atoms with Gasteiger partial charge >= 0.3 is 0 Å². The van der Waals surface area contributed by atoms with Crippen LogP contribution in [0.1, 0.15) is 11.4 Å². The fourth-order valence-corrected chi connectivity index (χ4v) is 3.30. The second-order valence-corrected chi connectivity index (χ2v) is 6.48. The number of aromatic nitrogens is 4. The minimum Gasteiger partial charge on any atom is -0.508 e. The summed E-state index contributed by atoms with van der Waals surface area (Å²) in [6.45, 7) is 0. The quantitative estimate of drug-likeness (QED) is 0.572. The highest BCUT2D eigenvalue weighted by Gasteiger charge is 2.12. The molecule has 0 aliphatic rings. The van der Waals surface area contributed by atoms with Crippen molar-refractivity contribution in [3.05, 3.63) is 65.7 Å². The number of fused-ring (bicyclic) bond motifs is 1. The molecule has 0 saturated carbocycles. The molecule has 0 amide bonds. The highest BCUT2D eigenvalue weighted by atomic mass is 32.1. The standard InChI is InChI=1S/C17H14FN5OS/c18-12-4-2-5-13(10-12)19-16-22-23-15(20-21-17(23)25-16)8-7-11-3-1-6-14(24)9-11/h1-6,9-10,24H,7-8H2,(H,19,22). The molecule has 2 aromatic heterocycles. The zero-order valence-corrected chi connectivity index (χ0v) is 13.9. The topological polar surface area (TPSA) is 75.3 Å². The molecule has 0 fully saturated rings. The van der Waals surface area contributed by atoms with Gasteiger partial charge in [-0.05, 0) is 42.3 Å². The maximum absolute atomic E-state index is 13.3. The van der Waals surface area contributed by atoms with Crippen LogP contribution >= 0.6 is 11.3 Å². The van der Waals surface area contributed by atoms with Crippen molar-refractivity contribution in [3.63, 3.8) is 0 Å². The highest BCUT2D eigenvalue weighted by Crippen LogP contribution is 2.23. The van der Waals surface area contributed by atoms with E-state index in [-0.39, 0.29) is 11.6 Å². The zero-order valence-electron chi connectivity index (χ0n) is 13.1. The van der Waals surface area contributed by atoms with Crippen LogP contribution in [0.4, 0.5) is 15.2 Å². The molecule has 0 aliphatic carbocycles. The van der Waals surface area contributed by atoms with Gasteiger partial charge in [0.15, 0.2) is 5.82 Å².